The summed E-state index contributed by atoms with van der Waals surface area (Å²) in [5.41, 5.74) is 7.85. The molecule has 2 N–H and O–H groups in total. The number of anilines is 1. The molecular formula is C13H13FIN3O. The Kier molecular flexibility index (Phi) is 4.89. The highest BCUT2D eigenvalue weighted by atomic mass is 127. The van der Waals surface area contributed by atoms with Crippen LogP contribution in [0.3, 0.4) is 0 Å². The van der Waals surface area contributed by atoms with Crippen molar-refractivity contribution in [3.05, 3.63) is 47.4 Å². The van der Waals surface area contributed by atoms with Crippen molar-refractivity contribution < 1.29 is 9.13 Å². The quantitative estimate of drug-likeness (QED) is 0.647. The van der Waals surface area contributed by atoms with Crippen LogP contribution in [-0.4, -0.2) is 16.6 Å². The summed E-state index contributed by atoms with van der Waals surface area (Å²) < 4.78 is 19.2. The number of rotatable bonds is 5. The van der Waals surface area contributed by atoms with Crippen molar-refractivity contribution in [3.8, 4) is 6.01 Å². The molecule has 0 fully saturated rings. The molecule has 2 rings (SSSR count). The molecule has 0 aliphatic carbocycles. The van der Waals surface area contributed by atoms with Crippen LogP contribution in [-0.2, 0) is 10.8 Å². The van der Waals surface area contributed by atoms with Crippen LogP contribution in [0.1, 0.15) is 11.1 Å². The lowest BCUT2D eigenvalue weighted by Gasteiger charge is -2.08. The summed E-state index contributed by atoms with van der Waals surface area (Å²) in [6, 6.07) is 8.27. The van der Waals surface area contributed by atoms with Gasteiger partial charge >= 0.3 is 6.01 Å². The molecule has 0 unspecified atom stereocenters. The Balaban J connectivity index is 1.94. The summed E-state index contributed by atoms with van der Waals surface area (Å²) in [6.07, 6.45) is 1.76. The number of nitrogens with zero attached hydrogens (tertiary/aromatic N) is 2. The van der Waals surface area contributed by atoms with Crippen LogP contribution in [0.2, 0.25) is 0 Å². The summed E-state index contributed by atoms with van der Waals surface area (Å²) in [6.45, 7) is 0.429. The lowest BCUT2D eigenvalue weighted by molar-refractivity contribution is 0.295. The molecule has 4 nitrogen and oxygen atoms in total. The standard InChI is InChI=1S/C13H13FIN3O/c14-11-8-17-13(18-12(11)16)19-6-5-9-3-1-2-4-10(9)7-15/h1-4,8H,5-7H2,(H2,16,17,18). The van der Waals surface area contributed by atoms with Crippen LogP contribution in [0.5, 0.6) is 6.01 Å². The van der Waals surface area contributed by atoms with E-state index in [0.717, 1.165) is 17.0 Å². The zero-order valence-electron chi connectivity index (χ0n) is 10.1. The highest BCUT2D eigenvalue weighted by Gasteiger charge is 2.05. The van der Waals surface area contributed by atoms with Gasteiger partial charge in [-0.2, -0.15) is 4.98 Å². The smallest absolute Gasteiger partial charge is 0.318 e. The van der Waals surface area contributed by atoms with Crippen LogP contribution in [0, 0.1) is 5.82 Å². The van der Waals surface area contributed by atoms with E-state index < -0.39 is 5.82 Å². The molecule has 0 saturated heterocycles. The molecule has 0 bridgehead atoms. The molecule has 0 radical (unpaired) electrons. The van der Waals surface area contributed by atoms with Crippen molar-refractivity contribution in [2.75, 3.05) is 12.3 Å². The van der Waals surface area contributed by atoms with Crippen molar-refractivity contribution >= 4 is 28.4 Å². The third kappa shape index (κ3) is 3.76. The highest BCUT2D eigenvalue weighted by molar-refractivity contribution is 14.1. The average molecular weight is 373 g/mol. The SMILES string of the molecule is Nc1nc(OCCc2ccccc2CI)ncc1F. The summed E-state index contributed by atoms with van der Waals surface area (Å²) in [7, 11) is 0. The third-order valence-electron chi connectivity index (χ3n) is 2.61. The molecule has 1 heterocycles. The maximum atomic E-state index is 12.9. The van der Waals surface area contributed by atoms with Gasteiger partial charge in [0.25, 0.3) is 0 Å². The fourth-order valence-electron chi connectivity index (χ4n) is 1.62. The van der Waals surface area contributed by atoms with Gasteiger partial charge in [-0.15, -0.1) is 0 Å². The highest BCUT2D eigenvalue weighted by Crippen LogP contribution is 2.14. The van der Waals surface area contributed by atoms with E-state index in [1.54, 1.807) is 0 Å². The molecule has 1 aromatic heterocycles. The first-order valence-corrected chi connectivity index (χ1v) is 7.27. The van der Waals surface area contributed by atoms with E-state index in [2.05, 4.69) is 44.7 Å². The second-order valence-corrected chi connectivity index (χ2v) is 4.65. The summed E-state index contributed by atoms with van der Waals surface area (Å²) in [4.78, 5) is 7.44. The van der Waals surface area contributed by atoms with E-state index in [4.69, 9.17) is 10.5 Å². The number of benzene rings is 1. The fourth-order valence-corrected chi connectivity index (χ4v) is 2.36. The molecule has 0 spiro atoms. The number of nitrogen functional groups attached to an aromatic ring is 1. The van der Waals surface area contributed by atoms with E-state index in [0.29, 0.717) is 6.61 Å². The maximum Gasteiger partial charge on any atom is 0.318 e. The van der Waals surface area contributed by atoms with Gasteiger partial charge in [-0.25, -0.2) is 9.37 Å². The summed E-state index contributed by atoms with van der Waals surface area (Å²) in [5.74, 6) is -0.833. The maximum absolute atomic E-state index is 12.9. The largest absolute Gasteiger partial charge is 0.463 e. The predicted molar refractivity (Wildman–Crippen MR) is 79.8 cm³/mol. The minimum absolute atomic E-state index is 0.103. The van der Waals surface area contributed by atoms with Gasteiger partial charge in [-0.05, 0) is 11.1 Å². The molecular weight excluding hydrogens is 360 g/mol. The van der Waals surface area contributed by atoms with Crippen LogP contribution >= 0.6 is 22.6 Å². The monoisotopic (exact) mass is 373 g/mol. The molecule has 0 aliphatic rings. The third-order valence-corrected chi connectivity index (χ3v) is 3.44. The molecule has 0 atom stereocenters. The molecule has 19 heavy (non-hydrogen) atoms. The number of hydrogen-bond acceptors (Lipinski definition) is 4. The Morgan fingerprint density at radius 2 is 2.00 bits per heavy atom. The molecule has 2 aromatic rings. The van der Waals surface area contributed by atoms with Crippen molar-refractivity contribution in [2.45, 2.75) is 10.8 Å². The number of ether oxygens (including phenoxy) is 1. The number of nitrogens with two attached hydrogens (primary N) is 1. The minimum Gasteiger partial charge on any atom is -0.463 e. The number of alkyl halides is 1. The van der Waals surface area contributed by atoms with E-state index in [9.17, 15) is 4.39 Å². The number of halogens is 2. The van der Waals surface area contributed by atoms with Gasteiger partial charge in [0.2, 0.25) is 0 Å². The Bertz CT molecular complexity index is 565. The van der Waals surface area contributed by atoms with E-state index in [-0.39, 0.29) is 11.8 Å². The summed E-state index contributed by atoms with van der Waals surface area (Å²) >= 11 is 2.33. The molecule has 0 amide bonds. The number of aromatic nitrogens is 2. The van der Waals surface area contributed by atoms with Crippen molar-refractivity contribution in [1.29, 1.82) is 0 Å². The first-order valence-electron chi connectivity index (χ1n) is 5.74. The van der Waals surface area contributed by atoms with Crippen molar-refractivity contribution in [2.24, 2.45) is 0 Å². The summed E-state index contributed by atoms with van der Waals surface area (Å²) in [5, 5.41) is 0. The molecule has 100 valence electrons. The van der Waals surface area contributed by atoms with Gasteiger partial charge < -0.3 is 10.5 Å². The Morgan fingerprint density at radius 3 is 2.68 bits per heavy atom. The lowest BCUT2D eigenvalue weighted by atomic mass is 10.1. The van der Waals surface area contributed by atoms with Gasteiger partial charge in [0.15, 0.2) is 11.6 Å². The van der Waals surface area contributed by atoms with Crippen LogP contribution in [0.25, 0.3) is 0 Å². The van der Waals surface area contributed by atoms with E-state index >= 15 is 0 Å². The first kappa shape index (κ1) is 14.0. The second-order valence-electron chi connectivity index (χ2n) is 3.89. The minimum atomic E-state index is -0.636. The van der Waals surface area contributed by atoms with Gasteiger partial charge in [0, 0.05) is 10.8 Å². The average Bonchev–Trinajstić information content (AvgIpc) is 2.43. The topological polar surface area (TPSA) is 61.0 Å². The van der Waals surface area contributed by atoms with Gasteiger partial charge in [-0.3, -0.25) is 0 Å². The van der Waals surface area contributed by atoms with Crippen molar-refractivity contribution in [1.82, 2.24) is 9.97 Å². The zero-order valence-corrected chi connectivity index (χ0v) is 12.3. The normalized spacial score (nSPS) is 10.4. The van der Waals surface area contributed by atoms with Gasteiger partial charge in [0.05, 0.1) is 12.8 Å². The van der Waals surface area contributed by atoms with Crippen LogP contribution in [0.4, 0.5) is 10.2 Å². The lowest BCUT2D eigenvalue weighted by Crippen LogP contribution is -2.07. The Hall–Kier alpha value is -1.44. The van der Waals surface area contributed by atoms with E-state index in [1.165, 1.54) is 11.1 Å². The zero-order chi connectivity index (χ0) is 13.7. The van der Waals surface area contributed by atoms with Gasteiger partial charge in [-0.1, -0.05) is 46.9 Å². The predicted octanol–water partition coefficient (Wildman–Crippen LogP) is 2.75. The molecule has 6 heteroatoms. The van der Waals surface area contributed by atoms with Gasteiger partial charge in [0.1, 0.15) is 0 Å². The van der Waals surface area contributed by atoms with E-state index in [1.807, 2.05) is 12.1 Å². The van der Waals surface area contributed by atoms with Crippen LogP contribution in [0.15, 0.2) is 30.5 Å². The number of hydrogen-bond donors (Lipinski definition) is 1. The Morgan fingerprint density at radius 1 is 1.26 bits per heavy atom. The second kappa shape index (κ2) is 6.65. The van der Waals surface area contributed by atoms with Crippen molar-refractivity contribution in [3.63, 3.8) is 0 Å². The molecule has 0 saturated carbocycles. The first-order chi connectivity index (χ1) is 9.20. The molecule has 1 aromatic carbocycles. The fraction of sp³-hybridized carbons (Fsp3) is 0.231. The Labute approximate surface area is 124 Å². The van der Waals surface area contributed by atoms with Crippen LogP contribution < -0.4 is 10.5 Å². The molecule has 0 aliphatic heterocycles.